The Hall–Kier alpha value is -0.940. The van der Waals surface area contributed by atoms with Gasteiger partial charge in [-0.2, -0.15) is 0 Å². The van der Waals surface area contributed by atoms with Crippen molar-refractivity contribution in [3.63, 3.8) is 0 Å². The average Bonchev–Trinajstić information content (AvgIpc) is 2.68. The van der Waals surface area contributed by atoms with Gasteiger partial charge >= 0.3 is 0 Å². The molecule has 0 saturated heterocycles. The van der Waals surface area contributed by atoms with Crippen LogP contribution in [-0.4, -0.2) is 17.1 Å². The van der Waals surface area contributed by atoms with E-state index in [2.05, 4.69) is 26.6 Å². The third-order valence-corrected chi connectivity index (χ3v) is 4.27. The van der Waals surface area contributed by atoms with Crippen LogP contribution in [0.3, 0.4) is 0 Å². The van der Waals surface area contributed by atoms with E-state index < -0.39 is 0 Å². The molecule has 0 spiro atoms. The van der Waals surface area contributed by atoms with Crippen LogP contribution in [0, 0.1) is 0 Å². The zero-order chi connectivity index (χ0) is 14.4. The Morgan fingerprint density at radius 2 is 1.70 bits per heavy atom. The number of thiocarbonyl (C=S) groups is 1. The number of halogens is 1. The van der Waals surface area contributed by atoms with E-state index in [4.69, 9.17) is 12.2 Å². The summed E-state index contributed by atoms with van der Waals surface area (Å²) in [6, 6.07) is 7.63. The highest BCUT2D eigenvalue weighted by molar-refractivity contribution is 9.10. The number of carbonyl (C=O) groups excluding carboxylic acids is 1. The molecule has 2 N–H and O–H groups in total. The van der Waals surface area contributed by atoms with Crippen LogP contribution in [0.4, 0.5) is 0 Å². The summed E-state index contributed by atoms with van der Waals surface area (Å²) >= 11 is 8.58. The van der Waals surface area contributed by atoms with Crippen LogP contribution in [0.15, 0.2) is 28.7 Å². The summed E-state index contributed by atoms with van der Waals surface area (Å²) in [5, 5.41) is 6.45. The Kier molecular flexibility index (Phi) is 5.98. The lowest BCUT2D eigenvalue weighted by Gasteiger charge is -2.18. The number of carbonyl (C=O) groups is 1. The summed E-state index contributed by atoms with van der Waals surface area (Å²) in [4.78, 5) is 12.0. The smallest absolute Gasteiger partial charge is 0.257 e. The summed E-state index contributed by atoms with van der Waals surface area (Å²) in [6.45, 7) is 0. The van der Waals surface area contributed by atoms with Crippen molar-refractivity contribution in [1.29, 1.82) is 0 Å². The van der Waals surface area contributed by atoms with E-state index in [9.17, 15) is 4.79 Å². The van der Waals surface area contributed by atoms with Gasteiger partial charge in [0.2, 0.25) is 0 Å². The van der Waals surface area contributed by atoms with Gasteiger partial charge in [0.05, 0.1) is 0 Å². The minimum Gasteiger partial charge on any atom is -0.360 e. The number of benzene rings is 1. The van der Waals surface area contributed by atoms with Crippen molar-refractivity contribution in [3.8, 4) is 0 Å². The maximum absolute atomic E-state index is 12.0. The third-order valence-electron chi connectivity index (χ3n) is 3.52. The fourth-order valence-electron chi connectivity index (χ4n) is 2.42. The maximum atomic E-state index is 12.0. The van der Waals surface area contributed by atoms with Gasteiger partial charge < -0.3 is 5.32 Å². The van der Waals surface area contributed by atoms with Gasteiger partial charge in [-0.25, -0.2) is 0 Å². The Morgan fingerprint density at radius 1 is 1.10 bits per heavy atom. The van der Waals surface area contributed by atoms with Gasteiger partial charge in [-0.05, 0) is 49.3 Å². The first-order valence-electron chi connectivity index (χ1n) is 7.02. The topological polar surface area (TPSA) is 41.1 Å². The highest BCUT2D eigenvalue weighted by Gasteiger charge is 2.14. The van der Waals surface area contributed by atoms with E-state index >= 15 is 0 Å². The number of hydrogen-bond donors (Lipinski definition) is 2. The van der Waals surface area contributed by atoms with Gasteiger partial charge in [0, 0.05) is 16.1 Å². The van der Waals surface area contributed by atoms with Crippen molar-refractivity contribution in [1.82, 2.24) is 10.6 Å². The van der Waals surface area contributed by atoms with Crippen molar-refractivity contribution >= 4 is 39.2 Å². The van der Waals surface area contributed by atoms with Crippen LogP contribution < -0.4 is 10.6 Å². The summed E-state index contributed by atoms with van der Waals surface area (Å²) in [5.41, 5.74) is 0.609. The van der Waals surface area contributed by atoms with Crippen molar-refractivity contribution in [2.45, 2.75) is 44.6 Å². The SMILES string of the molecule is O=C(NC(=S)NC1CCCCCC1)c1ccc(Br)cc1. The van der Waals surface area contributed by atoms with Crippen LogP contribution in [0.25, 0.3) is 0 Å². The molecular weight excluding hydrogens is 336 g/mol. The predicted octanol–water partition coefficient (Wildman–Crippen LogP) is 3.78. The molecule has 20 heavy (non-hydrogen) atoms. The lowest BCUT2D eigenvalue weighted by atomic mass is 10.1. The van der Waals surface area contributed by atoms with E-state index in [1.807, 2.05) is 12.1 Å². The Balaban J connectivity index is 1.84. The first kappa shape index (κ1) is 15.4. The van der Waals surface area contributed by atoms with Gasteiger partial charge in [-0.3, -0.25) is 10.1 Å². The highest BCUT2D eigenvalue weighted by atomic mass is 79.9. The van der Waals surface area contributed by atoms with Crippen LogP contribution in [-0.2, 0) is 0 Å². The van der Waals surface area contributed by atoms with E-state index in [0.717, 1.165) is 17.3 Å². The molecule has 108 valence electrons. The molecule has 1 saturated carbocycles. The number of rotatable bonds is 2. The summed E-state index contributed by atoms with van der Waals surface area (Å²) in [5.74, 6) is -0.163. The van der Waals surface area contributed by atoms with Gasteiger partial charge in [-0.1, -0.05) is 41.6 Å². The fraction of sp³-hybridized carbons (Fsp3) is 0.467. The van der Waals surface area contributed by atoms with E-state index in [1.54, 1.807) is 12.1 Å². The molecule has 1 fully saturated rings. The normalized spacial score (nSPS) is 16.2. The predicted molar refractivity (Wildman–Crippen MR) is 88.8 cm³/mol. The fourth-order valence-corrected chi connectivity index (χ4v) is 2.95. The van der Waals surface area contributed by atoms with Gasteiger partial charge in [0.25, 0.3) is 5.91 Å². The van der Waals surface area contributed by atoms with Crippen molar-refractivity contribution in [3.05, 3.63) is 34.3 Å². The molecule has 0 radical (unpaired) electrons. The van der Waals surface area contributed by atoms with Crippen LogP contribution in [0.5, 0.6) is 0 Å². The highest BCUT2D eigenvalue weighted by Crippen LogP contribution is 2.17. The second-order valence-electron chi connectivity index (χ2n) is 5.12. The standard InChI is InChI=1S/C15H19BrN2OS/c16-12-9-7-11(8-10-12)14(19)18-15(20)17-13-5-3-1-2-4-6-13/h7-10,13H,1-6H2,(H2,17,18,19,20). The quantitative estimate of drug-likeness (QED) is 0.627. The number of amides is 1. The monoisotopic (exact) mass is 354 g/mol. The summed E-state index contributed by atoms with van der Waals surface area (Å²) in [6.07, 6.45) is 7.34. The molecule has 5 heteroatoms. The molecule has 1 aliphatic rings. The number of nitrogens with one attached hydrogen (secondary N) is 2. The molecule has 0 aliphatic heterocycles. The second kappa shape index (κ2) is 7.74. The van der Waals surface area contributed by atoms with Gasteiger partial charge in [0.1, 0.15) is 0 Å². The summed E-state index contributed by atoms with van der Waals surface area (Å²) in [7, 11) is 0. The first-order valence-corrected chi connectivity index (χ1v) is 8.23. The zero-order valence-corrected chi connectivity index (χ0v) is 13.7. The minimum atomic E-state index is -0.163. The first-order chi connectivity index (χ1) is 9.65. The molecule has 1 aliphatic carbocycles. The lowest BCUT2D eigenvalue weighted by molar-refractivity contribution is 0.0976. The van der Waals surface area contributed by atoms with Crippen molar-refractivity contribution < 1.29 is 4.79 Å². The molecule has 3 nitrogen and oxygen atoms in total. The average molecular weight is 355 g/mol. The van der Waals surface area contributed by atoms with Crippen LogP contribution >= 0.6 is 28.1 Å². The maximum Gasteiger partial charge on any atom is 0.257 e. The van der Waals surface area contributed by atoms with E-state index in [1.165, 1.54) is 25.7 Å². The minimum absolute atomic E-state index is 0.163. The Labute approximate surface area is 133 Å². The van der Waals surface area contributed by atoms with Crippen LogP contribution in [0.1, 0.15) is 48.9 Å². The van der Waals surface area contributed by atoms with E-state index in [0.29, 0.717) is 16.7 Å². The Morgan fingerprint density at radius 3 is 2.30 bits per heavy atom. The zero-order valence-electron chi connectivity index (χ0n) is 11.3. The largest absolute Gasteiger partial charge is 0.360 e. The molecule has 1 amide bonds. The lowest BCUT2D eigenvalue weighted by Crippen LogP contribution is -2.44. The van der Waals surface area contributed by atoms with Crippen molar-refractivity contribution in [2.75, 3.05) is 0 Å². The molecule has 0 unspecified atom stereocenters. The molecule has 0 heterocycles. The van der Waals surface area contributed by atoms with Crippen LogP contribution in [0.2, 0.25) is 0 Å². The van der Waals surface area contributed by atoms with Gasteiger partial charge in [-0.15, -0.1) is 0 Å². The van der Waals surface area contributed by atoms with E-state index in [-0.39, 0.29) is 5.91 Å². The molecule has 0 bridgehead atoms. The molecule has 0 atom stereocenters. The third kappa shape index (κ3) is 4.87. The van der Waals surface area contributed by atoms with Crippen molar-refractivity contribution in [2.24, 2.45) is 0 Å². The summed E-state index contributed by atoms with van der Waals surface area (Å²) < 4.78 is 0.952. The number of hydrogen-bond acceptors (Lipinski definition) is 2. The molecular formula is C15H19BrN2OS. The Bertz CT molecular complexity index is 467. The second-order valence-corrected chi connectivity index (χ2v) is 6.45. The van der Waals surface area contributed by atoms with Gasteiger partial charge in [0.15, 0.2) is 5.11 Å². The molecule has 1 aromatic carbocycles. The molecule has 0 aromatic heterocycles. The molecule has 1 aromatic rings. The molecule has 2 rings (SSSR count).